The average Bonchev–Trinajstić information content (AvgIpc) is 2.42. The van der Waals surface area contributed by atoms with Gasteiger partial charge in [-0.25, -0.2) is 0 Å². The smallest absolute Gasteiger partial charge is 0.251 e. The summed E-state index contributed by atoms with van der Waals surface area (Å²) in [6, 6.07) is 7.70. The van der Waals surface area contributed by atoms with Gasteiger partial charge in [0.25, 0.3) is 5.91 Å². The van der Waals surface area contributed by atoms with Crippen LogP contribution in [0.25, 0.3) is 11.6 Å². The Kier molecular flexibility index (Phi) is 7.44. The van der Waals surface area contributed by atoms with Crippen molar-refractivity contribution in [1.29, 1.82) is 0 Å². The van der Waals surface area contributed by atoms with Crippen LogP contribution >= 0.6 is 0 Å². The van der Waals surface area contributed by atoms with E-state index < -0.39 is 0 Å². The summed E-state index contributed by atoms with van der Waals surface area (Å²) in [4.78, 5) is 11.6. The van der Waals surface area contributed by atoms with Crippen LogP contribution < -0.4 is 5.32 Å². The molecular formula is C15H21NO. The maximum Gasteiger partial charge on any atom is 0.251 e. The van der Waals surface area contributed by atoms with Crippen LogP contribution in [-0.2, 0) is 4.79 Å². The van der Waals surface area contributed by atoms with E-state index >= 15 is 0 Å². The summed E-state index contributed by atoms with van der Waals surface area (Å²) < 4.78 is 0. The molecule has 1 aromatic rings. The molecule has 1 amide bonds. The standard InChI is InChI=1S/C13H15NO.C2H6/c1-4-10-8-6-7-9-12(10)11(5-2)13(15)14-3;1-2/h4-9H,1H2,2-3H3,(H,14,15);1-2H3/b11-5+;. The highest BCUT2D eigenvalue weighted by Gasteiger charge is 2.10. The maximum atomic E-state index is 11.6. The van der Waals surface area contributed by atoms with Gasteiger partial charge in [-0.05, 0) is 18.1 Å². The van der Waals surface area contributed by atoms with E-state index in [2.05, 4.69) is 11.9 Å². The summed E-state index contributed by atoms with van der Waals surface area (Å²) >= 11 is 0. The Hall–Kier alpha value is -1.83. The minimum atomic E-state index is -0.0770. The number of benzene rings is 1. The van der Waals surface area contributed by atoms with Gasteiger partial charge >= 0.3 is 0 Å². The molecule has 0 aliphatic rings. The van der Waals surface area contributed by atoms with Crippen LogP contribution in [0.1, 0.15) is 31.9 Å². The molecule has 1 N–H and O–H groups in total. The molecule has 92 valence electrons. The van der Waals surface area contributed by atoms with Crippen molar-refractivity contribution in [3.05, 3.63) is 48.0 Å². The number of nitrogens with one attached hydrogen (secondary N) is 1. The van der Waals surface area contributed by atoms with Crippen LogP contribution in [0, 0.1) is 0 Å². The van der Waals surface area contributed by atoms with Crippen LogP contribution in [0.2, 0.25) is 0 Å². The third-order valence-electron chi connectivity index (χ3n) is 2.23. The van der Waals surface area contributed by atoms with Crippen molar-refractivity contribution in [3.8, 4) is 0 Å². The van der Waals surface area contributed by atoms with Gasteiger partial charge < -0.3 is 5.32 Å². The molecule has 0 bridgehead atoms. The van der Waals surface area contributed by atoms with Crippen molar-refractivity contribution >= 4 is 17.6 Å². The van der Waals surface area contributed by atoms with Gasteiger partial charge in [0.2, 0.25) is 0 Å². The molecule has 0 unspecified atom stereocenters. The minimum absolute atomic E-state index is 0.0770. The Bertz CT molecular complexity index is 405. The lowest BCUT2D eigenvalue weighted by Gasteiger charge is -2.08. The van der Waals surface area contributed by atoms with Crippen molar-refractivity contribution in [2.45, 2.75) is 20.8 Å². The highest BCUT2D eigenvalue weighted by atomic mass is 16.1. The summed E-state index contributed by atoms with van der Waals surface area (Å²) in [6.45, 7) is 9.59. The van der Waals surface area contributed by atoms with Gasteiger partial charge in [-0.1, -0.05) is 56.8 Å². The zero-order chi connectivity index (χ0) is 13.3. The zero-order valence-electron chi connectivity index (χ0n) is 11.1. The van der Waals surface area contributed by atoms with Gasteiger partial charge in [0.15, 0.2) is 0 Å². The lowest BCUT2D eigenvalue weighted by molar-refractivity contribution is -0.115. The average molecular weight is 231 g/mol. The van der Waals surface area contributed by atoms with Crippen LogP contribution in [-0.4, -0.2) is 13.0 Å². The van der Waals surface area contributed by atoms with Crippen molar-refractivity contribution in [3.63, 3.8) is 0 Å². The van der Waals surface area contributed by atoms with E-state index in [0.717, 1.165) is 11.1 Å². The Labute approximate surface area is 104 Å². The Balaban J connectivity index is 0.00000121. The molecular weight excluding hydrogens is 210 g/mol. The number of carbonyl (C=O) groups excluding carboxylic acids is 1. The number of hydrogen-bond donors (Lipinski definition) is 1. The molecule has 0 aromatic heterocycles. The Morgan fingerprint density at radius 3 is 2.35 bits per heavy atom. The first kappa shape index (κ1) is 15.2. The summed E-state index contributed by atoms with van der Waals surface area (Å²) in [5.74, 6) is -0.0770. The SMILES string of the molecule is C=Cc1ccccc1/C(=C\C)C(=O)NC.CC. The number of allylic oxidation sites excluding steroid dienone is 1. The molecule has 1 rings (SSSR count). The number of likely N-dealkylation sites (N-methyl/N-ethyl adjacent to an activating group) is 1. The summed E-state index contributed by atoms with van der Waals surface area (Å²) in [5, 5.41) is 2.62. The third-order valence-corrected chi connectivity index (χ3v) is 2.23. The van der Waals surface area contributed by atoms with Gasteiger partial charge in [0.1, 0.15) is 0 Å². The highest BCUT2D eigenvalue weighted by molar-refractivity contribution is 6.20. The first-order valence-electron chi connectivity index (χ1n) is 5.84. The van der Waals surface area contributed by atoms with Crippen molar-refractivity contribution in [2.24, 2.45) is 0 Å². The van der Waals surface area contributed by atoms with Crippen molar-refractivity contribution in [2.75, 3.05) is 7.05 Å². The molecule has 0 spiro atoms. The molecule has 2 heteroatoms. The van der Waals surface area contributed by atoms with Gasteiger partial charge in [-0.15, -0.1) is 0 Å². The van der Waals surface area contributed by atoms with E-state index in [1.54, 1.807) is 19.2 Å². The van der Waals surface area contributed by atoms with E-state index in [9.17, 15) is 4.79 Å². The fourth-order valence-electron chi connectivity index (χ4n) is 1.46. The van der Waals surface area contributed by atoms with Gasteiger partial charge in [0, 0.05) is 12.6 Å². The molecule has 0 atom stereocenters. The topological polar surface area (TPSA) is 29.1 Å². The molecule has 0 aliphatic heterocycles. The van der Waals surface area contributed by atoms with Crippen LogP contribution in [0.4, 0.5) is 0 Å². The maximum absolute atomic E-state index is 11.6. The molecule has 0 fully saturated rings. The fraction of sp³-hybridized carbons (Fsp3) is 0.267. The van der Waals surface area contributed by atoms with Crippen LogP contribution in [0.3, 0.4) is 0 Å². The van der Waals surface area contributed by atoms with E-state index in [0.29, 0.717) is 5.57 Å². The first-order valence-corrected chi connectivity index (χ1v) is 5.84. The number of amides is 1. The predicted octanol–water partition coefficient (Wildman–Crippen LogP) is 3.51. The second kappa shape index (κ2) is 8.34. The van der Waals surface area contributed by atoms with Gasteiger partial charge in [-0.3, -0.25) is 4.79 Å². The highest BCUT2D eigenvalue weighted by Crippen LogP contribution is 2.20. The number of rotatable bonds is 3. The van der Waals surface area contributed by atoms with Gasteiger partial charge in [0.05, 0.1) is 0 Å². The third kappa shape index (κ3) is 3.91. The zero-order valence-corrected chi connectivity index (χ0v) is 11.1. The largest absolute Gasteiger partial charge is 0.355 e. The summed E-state index contributed by atoms with van der Waals surface area (Å²) in [6.07, 6.45) is 3.56. The normalized spacial score (nSPS) is 10.0. The van der Waals surface area contributed by atoms with Crippen molar-refractivity contribution in [1.82, 2.24) is 5.32 Å². The lowest BCUT2D eigenvalue weighted by Crippen LogP contribution is -2.19. The molecule has 17 heavy (non-hydrogen) atoms. The summed E-state index contributed by atoms with van der Waals surface area (Å²) in [5.41, 5.74) is 2.55. The Morgan fingerprint density at radius 2 is 1.88 bits per heavy atom. The van der Waals surface area contributed by atoms with E-state index in [1.165, 1.54) is 0 Å². The van der Waals surface area contributed by atoms with Crippen molar-refractivity contribution < 1.29 is 4.79 Å². The molecule has 0 saturated carbocycles. The van der Waals surface area contributed by atoms with E-state index in [1.807, 2.05) is 45.0 Å². The molecule has 0 aliphatic carbocycles. The summed E-state index contributed by atoms with van der Waals surface area (Å²) in [7, 11) is 1.63. The molecule has 0 radical (unpaired) electrons. The van der Waals surface area contributed by atoms with E-state index in [4.69, 9.17) is 0 Å². The first-order chi connectivity index (χ1) is 8.24. The van der Waals surface area contributed by atoms with Gasteiger partial charge in [-0.2, -0.15) is 0 Å². The monoisotopic (exact) mass is 231 g/mol. The predicted molar refractivity (Wildman–Crippen MR) is 75.6 cm³/mol. The number of carbonyl (C=O) groups is 1. The van der Waals surface area contributed by atoms with E-state index in [-0.39, 0.29) is 5.91 Å². The number of hydrogen-bond acceptors (Lipinski definition) is 1. The van der Waals surface area contributed by atoms with Crippen LogP contribution in [0.15, 0.2) is 36.9 Å². The van der Waals surface area contributed by atoms with Crippen LogP contribution in [0.5, 0.6) is 0 Å². The second-order valence-electron chi connectivity index (χ2n) is 3.07. The Morgan fingerprint density at radius 1 is 1.29 bits per heavy atom. The fourth-order valence-corrected chi connectivity index (χ4v) is 1.46. The molecule has 1 aromatic carbocycles. The minimum Gasteiger partial charge on any atom is -0.355 e. The molecule has 0 saturated heterocycles. The lowest BCUT2D eigenvalue weighted by atomic mass is 9.99. The molecule has 0 heterocycles. The molecule has 2 nitrogen and oxygen atoms in total. The second-order valence-corrected chi connectivity index (χ2v) is 3.07. The quantitative estimate of drug-likeness (QED) is 0.792.